The summed E-state index contributed by atoms with van der Waals surface area (Å²) >= 11 is 0. The first-order valence-electron chi connectivity index (χ1n) is 6.46. The Balaban J connectivity index is 2.78. The Labute approximate surface area is 119 Å². The van der Waals surface area contributed by atoms with Crippen LogP contribution in [0.25, 0.3) is 0 Å². The third kappa shape index (κ3) is 4.72. The number of hydrogen-bond acceptors (Lipinski definition) is 3. The van der Waals surface area contributed by atoms with Crippen LogP contribution in [0.3, 0.4) is 0 Å². The van der Waals surface area contributed by atoms with Crippen molar-refractivity contribution in [1.29, 1.82) is 0 Å². The van der Waals surface area contributed by atoms with Gasteiger partial charge in [0.05, 0.1) is 12.2 Å². The van der Waals surface area contributed by atoms with E-state index in [2.05, 4.69) is 5.32 Å². The summed E-state index contributed by atoms with van der Waals surface area (Å²) in [5.41, 5.74) is 1.96. The Morgan fingerprint density at radius 2 is 2.05 bits per heavy atom. The molecule has 0 saturated carbocycles. The molecular weight excluding hydrogens is 254 g/mol. The molecule has 1 rings (SSSR count). The van der Waals surface area contributed by atoms with E-state index in [0.29, 0.717) is 17.9 Å². The van der Waals surface area contributed by atoms with Crippen LogP contribution >= 0.6 is 0 Å². The van der Waals surface area contributed by atoms with Gasteiger partial charge in [0.1, 0.15) is 0 Å². The Bertz CT molecular complexity index is 545. The summed E-state index contributed by atoms with van der Waals surface area (Å²) < 4.78 is 4.92. The van der Waals surface area contributed by atoms with Gasteiger partial charge in [0, 0.05) is 11.8 Å². The smallest absolute Gasteiger partial charge is 0.338 e. The van der Waals surface area contributed by atoms with Gasteiger partial charge in [0.2, 0.25) is 5.91 Å². The number of carbonyl (C=O) groups is 2. The molecule has 0 aromatic heterocycles. The molecule has 0 spiro atoms. The molecule has 0 atom stereocenters. The van der Waals surface area contributed by atoms with Crippen molar-refractivity contribution < 1.29 is 14.3 Å². The molecule has 0 unspecified atom stereocenters. The zero-order valence-electron chi connectivity index (χ0n) is 12.0. The van der Waals surface area contributed by atoms with Crippen molar-refractivity contribution in [3.05, 3.63) is 53.6 Å². The predicted octanol–water partition coefficient (Wildman–Crippen LogP) is 3.24. The second kappa shape index (κ2) is 7.94. The SMILES string of the molecule is C/C=C/C=C/C(=O)Nc1ccc(C(=O)OCC)cc1C. The second-order valence-electron chi connectivity index (χ2n) is 4.12. The molecule has 4 heteroatoms. The molecule has 0 saturated heterocycles. The monoisotopic (exact) mass is 273 g/mol. The predicted molar refractivity (Wildman–Crippen MR) is 79.7 cm³/mol. The molecule has 0 bridgehead atoms. The first-order valence-corrected chi connectivity index (χ1v) is 6.46. The molecular formula is C16H19NO3. The van der Waals surface area contributed by atoms with Crippen molar-refractivity contribution in [2.24, 2.45) is 0 Å². The minimum Gasteiger partial charge on any atom is -0.462 e. The van der Waals surface area contributed by atoms with Crippen molar-refractivity contribution in [3.63, 3.8) is 0 Å². The highest BCUT2D eigenvalue weighted by atomic mass is 16.5. The van der Waals surface area contributed by atoms with Crippen LogP contribution in [-0.4, -0.2) is 18.5 Å². The van der Waals surface area contributed by atoms with Crippen LogP contribution < -0.4 is 5.32 Å². The highest BCUT2D eigenvalue weighted by Crippen LogP contribution is 2.17. The number of rotatable bonds is 5. The molecule has 1 amide bonds. The van der Waals surface area contributed by atoms with E-state index >= 15 is 0 Å². The van der Waals surface area contributed by atoms with Gasteiger partial charge >= 0.3 is 5.97 Å². The minimum atomic E-state index is -0.360. The van der Waals surface area contributed by atoms with E-state index < -0.39 is 0 Å². The molecule has 20 heavy (non-hydrogen) atoms. The first kappa shape index (κ1) is 15.7. The van der Waals surface area contributed by atoms with Crippen LogP contribution in [0.15, 0.2) is 42.5 Å². The molecule has 0 aliphatic heterocycles. The van der Waals surface area contributed by atoms with Crippen LogP contribution in [0.5, 0.6) is 0 Å². The summed E-state index contributed by atoms with van der Waals surface area (Å²) in [6, 6.07) is 5.03. The van der Waals surface area contributed by atoms with Gasteiger partial charge in [-0.05, 0) is 44.5 Å². The van der Waals surface area contributed by atoms with Crippen LogP contribution in [0.2, 0.25) is 0 Å². The van der Waals surface area contributed by atoms with Gasteiger partial charge < -0.3 is 10.1 Å². The van der Waals surface area contributed by atoms with Crippen LogP contribution in [-0.2, 0) is 9.53 Å². The molecule has 1 aromatic carbocycles. The maximum Gasteiger partial charge on any atom is 0.338 e. The van der Waals surface area contributed by atoms with E-state index in [1.807, 2.05) is 19.9 Å². The van der Waals surface area contributed by atoms with E-state index in [1.165, 1.54) is 6.08 Å². The molecule has 0 heterocycles. The molecule has 0 fully saturated rings. The average molecular weight is 273 g/mol. The number of hydrogen-bond donors (Lipinski definition) is 1. The normalized spacial score (nSPS) is 10.9. The quantitative estimate of drug-likeness (QED) is 0.509. The maximum absolute atomic E-state index is 11.6. The number of allylic oxidation sites excluding steroid dienone is 3. The van der Waals surface area contributed by atoms with E-state index in [1.54, 1.807) is 37.3 Å². The number of carbonyl (C=O) groups excluding carboxylic acids is 2. The number of amides is 1. The molecule has 0 aliphatic carbocycles. The molecule has 1 N–H and O–H groups in total. The number of anilines is 1. The first-order chi connectivity index (χ1) is 9.58. The minimum absolute atomic E-state index is 0.213. The lowest BCUT2D eigenvalue weighted by Gasteiger charge is -2.08. The van der Waals surface area contributed by atoms with Crippen LogP contribution in [0, 0.1) is 6.92 Å². The van der Waals surface area contributed by atoms with Crippen molar-refractivity contribution in [3.8, 4) is 0 Å². The molecule has 4 nitrogen and oxygen atoms in total. The standard InChI is InChI=1S/C16H19NO3/c1-4-6-7-8-15(18)17-14-10-9-13(11-12(14)3)16(19)20-5-2/h4,6-11H,5H2,1-3H3,(H,17,18)/b6-4+,8-7+. The van der Waals surface area contributed by atoms with Crippen LogP contribution in [0.1, 0.15) is 29.8 Å². The Morgan fingerprint density at radius 1 is 1.30 bits per heavy atom. The highest BCUT2D eigenvalue weighted by Gasteiger charge is 2.09. The number of esters is 1. The zero-order chi connectivity index (χ0) is 15.0. The Kier molecular flexibility index (Phi) is 6.23. The van der Waals surface area contributed by atoms with Gasteiger partial charge in [0.25, 0.3) is 0 Å². The second-order valence-corrected chi connectivity index (χ2v) is 4.12. The van der Waals surface area contributed by atoms with Crippen LogP contribution in [0.4, 0.5) is 5.69 Å². The number of benzene rings is 1. The van der Waals surface area contributed by atoms with E-state index in [9.17, 15) is 9.59 Å². The summed E-state index contributed by atoms with van der Waals surface area (Å²) in [7, 11) is 0. The highest BCUT2D eigenvalue weighted by molar-refractivity contribution is 6.00. The van der Waals surface area contributed by atoms with E-state index in [-0.39, 0.29) is 11.9 Å². The zero-order valence-corrected chi connectivity index (χ0v) is 12.0. The lowest BCUT2D eigenvalue weighted by molar-refractivity contribution is -0.111. The van der Waals surface area contributed by atoms with Crippen molar-refractivity contribution in [2.45, 2.75) is 20.8 Å². The van der Waals surface area contributed by atoms with E-state index in [4.69, 9.17) is 4.74 Å². The van der Waals surface area contributed by atoms with Gasteiger partial charge in [-0.3, -0.25) is 4.79 Å². The summed E-state index contributed by atoms with van der Waals surface area (Å²) in [6.07, 6.45) is 6.72. The lowest BCUT2D eigenvalue weighted by Crippen LogP contribution is -2.10. The Hall–Kier alpha value is -2.36. The molecule has 0 radical (unpaired) electrons. The summed E-state index contributed by atoms with van der Waals surface area (Å²) in [5.74, 6) is -0.573. The number of nitrogens with one attached hydrogen (secondary N) is 1. The number of ether oxygens (including phenoxy) is 1. The topological polar surface area (TPSA) is 55.4 Å². The fourth-order valence-electron chi connectivity index (χ4n) is 1.57. The summed E-state index contributed by atoms with van der Waals surface area (Å²) in [6.45, 7) is 5.80. The molecule has 1 aromatic rings. The van der Waals surface area contributed by atoms with Gasteiger partial charge in [0.15, 0.2) is 0 Å². The third-order valence-corrected chi connectivity index (χ3v) is 2.55. The fraction of sp³-hybridized carbons (Fsp3) is 0.250. The van der Waals surface area contributed by atoms with Crippen molar-refractivity contribution in [1.82, 2.24) is 0 Å². The van der Waals surface area contributed by atoms with Gasteiger partial charge in [-0.25, -0.2) is 4.79 Å². The van der Waals surface area contributed by atoms with Gasteiger partial charge in [-0.1, -0.05) is 18.2 Å². The van der Waals surface area contributed by atoms with Crippen molar-refractivity contribution >= 4 is 17.6 Å². The molecule has 106 valence electrons. The average Bonchev–Trinajstić information content (AvgIpc) is 2.41. The van der Waals surface area contributed by atoms with Gasteiger partial charge in [-0.15, -0.1) is 0 Å². The largest absolute Gasteiger partial charge is 0.462 e. The lowest BCUT2D eigenvalue weighted by atomic mass is 10.1. The summed E-state index contributed by atoms with van der Waals surface area (Å²) in [5, 5.41) is 2.76. The molecule has 0 aliphatic rings. The third-order valence-electron chi connectivity index (χ3n) is 2.55. The Morgan fingerprint density at radius 3 is 2.65 bits per heavy atom. The maximum atomic E-state index is 11.6. The van der Waals surface area contributed by atoms with E-state index in [0.717, 1.165) is 5.56 Å². The summed E-state index contributed by atoms with van der Waals surface area (Å²) in [4.78, 5) is 23.2. The van der Waals surface area contributed by atoms with Crippen molar-refractivity contribution in [2.75, 3.05) is 11.9 Å². The van der Waals surface area contributed by atoms with Gasteiger partial charge in [-0.2, -0.15) is 0 Å². The fourth-order valence-corrected chi connectivity index (χ4v) is 1.57. The number of aryl methyl sites for hydroxylation is 1.